The van der Waals surface area contributed by atoms with Gasteiger partial charge in [-0.3, -0.25) is 11.1 Å². The van der Waals surface area contributed by atoms with Crippen LogP contribution in [0.2, 0.25) is 0 Å². The average Bonchev–Trinajstić information content (AvgIpc) is 3.06. The number of ether oxygens (including phenoxy) is 1. The van der Waals surface area contributed by atoms with Crippen LogP contribution in [0.5, 0.6) is 0 Å². The van der Waals surface area contributed by atoms with Gasteiger partial charge in [0, 0.05) is 16.5 Å². The van der Waals surface area contributed by atoms with E-state index in [9.17, 15) is 0 Å². The van der Waals surface area contributed by atoms with Gasteiger partial charge < -0.3 is 4.74 Å². The summed E-state index contributed by atoms with van der Waals surface area (Å²) in [5.74, 6) is 0.0718. The third-order valence-electron chi connectivity index (χ3n) is 6.44. The van der Waals surface area contributed by atoms with E-state index in [1.165, 1.54) is 27.8 Å². The summed E-state index contributed by atoms with van der Waals surface area (Å²) >= 11 is 0. The normalized spacial score (nSPS) is 14.3. The van der Waals surface area contributed by atoms with Gasteiger partial charge in [0.1, 0.15) is 0 Å². The van der Waals surface area contributed by atoms with Crippen molar-refractivity contribution in [1.29, 1.82) is 5.41 Å². The van der Waals surface area contributed by atoms with E-state index >= 15 is 0 Å². The first-order valence-electron chi connectivity index (χ1n) is 10.9. The van der Waals surface area contributed by atoms with E-state index in [0.29, 0.717) is 5.56 Å². The molecule has 1 atom stereocenters. The predicted octanol–water partition coefficient (Wildman–Crippen LogP) is 6.66. The SMILES string of the molecule is CC1(C)c2ccccc2-c2ccc(-c3ccc(C(N)OC(=N)c4ccccc4)cc3)cc21. The fourth-order valence-corrected chi connectivity index (χ4v) is 4.60. The van der Waals surface area contributed by atoms with E-state index in [1.807, 2.05) is 42.5 Å². The molecule has 4 aromatic rings. The molecule has 3 heteroatoms. The maximum atomic E-state index is 8.15. The van der Waals surface area contributed by atoms with Crippen LogP contribution in [0.15, 0.2) is 97.1 Å². The van der Waals surface area contributed by atoms with Crippen LogP contribution >= 0.6 is 0 Å². The third kappa shape index (κ3) is 3.41. The van der Waals surface area contributed by atoms with Gasteiger partial charge in [0.25, 0.3) is 0 Å². The predicted molar refractivity (Wildman–Crippen MR) is 131 cm³/mol. The second-order valence-corrected chi connectivity index (χ2v) is 8.79. The molecule has 0 heterocycles. The summed E-state index contributed by atoms with van der Waals surface area (Å²) < 4.78 is 5.65. The molecule has 0 radical (unpaired) electrons. The molecule has 5 rings (SSSR count). The lowest BCUT2D eigenvalue weighted by Gasteiger charge is -2.22. The first kappa shape index (κ1) is 20.2. The molecule has 1 aliphatic rings. The molecule has 158 valence electrons. The van der Waals surface area contributed by atoms with Gasteiger partial charge in [-0.05, 0) is 51.6 Å². The monoisotopic (exact) mass is 418 g/mol. The van der Waals surface area contributed by atoms with Crippen molar-refractivity contribution in [2.24, 2.45) is 5.73 Å². The molecule has 1 aliphatic carbocycles. The Hall–Kier alpha value is -3.69. The quantitative estimate of drug-likeness (QED) is 0.221. The molecule has 3 nitrogen and oxygen atoms in total. The van der Waals surface area contributed by atoms with Crippen LogP contribution in [0.4, 0.5) is 0 Å². The first-order chi connectivity index (χ1) is 15.4. The van der Waals surface area contributed by atoms with E-state index in [1.54, 1.807) is 0 Å². The van der Waals surface area contributed by atoms with Crippen LogP contribution < -0.4 is 5.73 Å². The van der Waals surface area contributed by atoms with E-state index in [-0.39, 0.29) is 11.3 Å². The van der Waals surface area contributed by atoms with Crippen molar-refractivity contribution < 1.29 is 4.74 Å². The minimum atomic E-state index is -0.690. The Morgan fingerprint density at radius 3 is 2.12 bits per heavy atom. The van der Waals surface area contributed by atoms with Crippen molar-refractivity contribution in [1.82, 2.24) is 0 Å². The van der Waals surface area contributed by atoms with Gasteiger partial charge in [0.05, 0.1) is 0 Å². The van der Waals surface area contributed by atoms with Gasteiger partial charge in [-0.2, -0.15) is 0 Å². The van der Waals surface area contributed by atoms with Crippen molar-refractivity contribution in [3.63, 3.8) is 0 Å². The summed E-state index contributed by atoms with van der Waals surface area (Å²) in [5, 5.41) is 8.15. The third-order valence-corrected chi connectivity index (χ3v) is 6.44. The van der Waals surface area contributed by atoms with E-state index in [4.69, 9.17) is 15.9 Å². The van der Waals surface area contributed by atoms with Crippen LogP contribution in [-0.2, 0) is 10.2 Å². The van der Waals surface area contributed by atoms with Crippen LogP contribution in [0, 0.1) is 5.41 Å². The van der Waals surface area contributed by atoms with Gasteiger partial charge in [0.2, 0.25) is 5.90 Å². The number of nitrogens with two attached hydrogens (primary N) is 1. The van der Waals surface area contributed by atoms with Crippen molar-refractivity contribution in [2.45, 2.75) is 25.5 Å². The summed E-state index contributed by atoms with van der Waals surface area (Å²) in [4.78, 5) is 0. The fraction of sp³-hybridized carbons (Fsp3) is 0.138. The van der Waals surface area contributed by atoms with Gasteiger partial charge in [-0.25, -0.2) is 0 Å². The van der Waals surface area contributed by atoms with Gasteiger partial charge in [-0.1, -0.05) is 92.7 Å². The number of hydrogen-bond acceptors (Lipinski definition) is 3. The zero-order valence-corrected chi connectivity index (χ0v) is 18.3. The molecule has 0 spiro atoms. The lowest BCUT2D eigenvalue weighted by Crippen LogP contribution is -2.19. The highest BCUT2D eigenvalue weighted by Crippen LogP contribution is 2.49. The molecule has 0 bridgehead atoms. The van der Waals surface area contributed by atoms with Crippen molar-refractivity contribution >= 4 is 5.90 Å². The molecule has 3 N–H and O–H groups in total. The molecular weight excluding hydrogens is 392 g/mol. The summed E-state index contributed by atoms with van der Waals surface area (Å²) in [6, 6.07) is 32.9. The molecule has 4 aromatic carbocycles. The Labute approximate surface area is 189 Å². The molecule has 32 heavy (non-hydrogen) atoms. The van der Waals surface area contributed by atoms with Crippen molar-refractivity contribution in [3.05, 3.63) is 119 Å². The van der Waals surface area contributed by atoms with Gasteiger partial charge in [0.15, 0.2) is 6.23 Å². The van der Waals surface area contributed by atoms with Crippen LogP contribution in [-0.4, -0.2) is 5.90 Å². The zero-order valence-electron chi connectivity index (χ0n) is 18.3. The Bertz CT molecular complexity index is 1290. The molecule has 0 fully saturated rings. The van der Waals surface area contributed by atoms with E-state index in [0.717, 1.165) is 11.1 Å². The summed E-state index contributed by atoms with van der Waals surface area (Å²) in [6.45, 7) is 4.59. The second-order valence-electron chi connectivity index (χ2n) is 8.79. The highest BCUT2D eigenvalue weighted by Gasteiger charge is 2.35. The second kappa shape index (κ2) is 7.77. The van der Waals surface area contributed by atoms with Crippen LogP contribution in [0.25, 0.3) is 22.3 Å². The fourth-order valence-electron chi connectivity index (χ4n) is 4.60. The van der Waals surface area contributed by atoms with Crippen LogP contribution in [0.1, 0.15) is 42.3 Å². The standard InChI is InChI=1S/C29H26N2O/c1-29(2)25-11-7-6-10-23(25)24-17-16-22(18-26(24)29)19-12-14-21(15-13-19)28(31)32-27(30)20-8-4-3-5-9-20/h3-18,28,30H,31H2,1-2H3. The highest BCUT2D eigenvalue weighted by atomic mass is 16.5. The number of rotatable bonds is 4. The number of fused-ring (bicyclic) bond motifs is 3. The largest absolute Gasteiger partial charge is 0.454 e. The van der Waals surface area contributed by atoms with Crippen LogP contribution in [0.3, 0.4) is 0 Å². The summed E-state index contributed by atoms with van der Waals surface area (Å²) in [5.41, 5.74) is 15.5. The molecule has 0 aliphatic heterocycles. The number of hydrogen-bond donors (Lipinski definition) is 2. The maximum Gasteiger partial charge on any atom is 0.215 e. The summed E-state index contributed by atoms with van der Waals surface area (Å²) in [7, 11) is 0. The number of benzene rings is 4. The van der Waals surface area contributed by atoms with Crippen molar-refractivity contribution in [2.75, 3.05) is 0 Å². The van der Waals surface area contributed by atoms with Gasteiger partial charge in [-0.15, -0.1) is 0 Å². The molecule has 1 unspecified atom stereocenters. The van der Waals surface area contributed by atoms with E-state index in [2.05, 4.69) is 68.4 Å². The Morgan fingerprint density at radius 2 is 1.38 bits per heavy atom. The molecule has 0 amide bonds. The summed E-state index contributed by atoms with van der Waals surface area (Å²) in [6.07, 6.45) is -0.690. The Balaban J connectivity index is 1.38. The molecule has 0 saturated carbocycles. The molecule has 0 saturated heterocycles. The average molecular weight is 419 g/mol. The Kier molecular flexibility index (Phi) is 4.91. The lowest BCUT2D eigenvalue weighted by atomic mass is 9.81. The zero-order chi connectivity index (χ0) is 22.3. The smallest absolute Gasteiger partial charge is 0.215 e. The minimum Gasteiger partial charge on any atom is -0.454 e. The Morgan fingerprint density at radius 1 is 0.750 bits per heavy atom. The number of nitrogens with one attached hydrogen (secondary N) is 1. The minimum absolute atomic E-state index is 0.0180. The lowest BCUT2D eigenvalue weighted by molar-refractivity contribution is 0.199. The first-order valence-corrected chi connectivity index (χ1v) is 10.9. The van der Waals surface area contributed by atoms with Crippen molar-refractivity contribution in [3.8, 4) is 22.3 Å². The van der Waals surface area contributed by atoms with Gasteiger partial charge >= 0.3 is 0 Å². The molecule has 0 aromatic heterocycles. The molecular formula is C29H26N2O. The highest BCUT2D eigenvalue weighted by molar-refractivity contribution is 5.91. The maximum absolute atomic E-state index is 8.15. The topological polar surface area (TPSA) is 59.1 Å². The van der Waals surface area contributed by atoms with E-state index < -0.39 is 6.23 Å².